The third-order valence-electron chi connectivity index (χ3n) is 1.86. The fourth-order valence-electron chi connectivity index (χ4n) is 1.03. The summed E-state index contributed by atoms with van der Waals surface area (Å²) in [4.78, 5) is 0. The quantitative estimate of drug-likeness (QED) is 0.485. The zero-order chi connectivity index (χ0) is 14.1. The van der Waals surface area contributed by atoms with Crippen molar-refractivity contribution in [2.75, 3.05) is 12.9 Å². The fraction of sp³-hybridized carbons (Fsp3) is 0.333. The normalized spacial score (nSPS) is 12.8. The van der Waals surface area contributed by atoms with E-state index in [9.17, 15) is 30.4 Å². The van der Waals surface area contributed by atoms with Crippen LogP contribution in [-0.4, -0.2) is 21.3 Å². The Morgan fingerprint density at radius 1 is 1.17 bits per heavy atom. The summed E-state index contributed by atoms with van der Waals surface area (Å²) in [6.45, 7) is -1.63. The van der Waals surface area contributed by atoms with Gasteiger partial charge in [0, 0.05) is 5.56 Å². The minimum absolute atomic E-state index is 0.0735. The van der Waals surface area contributed by atoms with Crippen LogP contribution in [0.25, 0.3) is 0 Å². The SMILES string of the molecule is CS(=O)(=O)OCC(F)(F)c1cc(F)c(F)c(F)c1. The highest BCUT2D eigenvalue weighted by Gasteiger charge is 2.35. The molecule has 0 aliphatic carbocycles. The first kappa shape index (κ1) is 14.8. The van der Waals surface area contributed by atoms with Crippen molar-refractivity contribution in [3.63, 3.8) is 0 Å². The van der Waals surface area contributed by atoms with Crippen LogP contribution in [0, 0.1) is 17.5 Å². The van der Waals surface area contributed by atoms with E-state index in [2.05, 4.69) is 4.18 Å². The highest BCUT2D eigenvalue weighted by molar-refractivity contribution is 7.85. The van der Waals surface area contributed by atoms with Crippen LogP contribution in [-0.2, 0) is 20.2 Å². The maximum absolute atomic E-state index is 13.3. The van der Waals surface area contributed by atoms with Gasteiger partial charge in [0.05, 0.1) is 6.26 Å². The van der Waals surface area contributed by atoms with Gasteiger partial charge in [-0.15, -0.1) is 0 Å². The Hall–Kier alpha value is -1.22. The number of hydrogen-bond donors (Lipinski definition) is 0. The fourth-order valence-corrected chi connectivity index (χ4v) is 1.39. The first-order valence-corrected chi connectivity index (χ1v) is 6.22. The smallest absolute Gasteiger partial charge is 0.264 e. The molecule has 1 aromatic rings. The molecule has 1 rings (SSSR count). The van der Waals surface area contributed by atoms with Crippen LogP contribution in [0.15, 0.2) is 12.1 Å². The molecular formula is C9H7F5O3S. The van der Waals surface area contributed by atoms with Crippen LogP contribution in [0.3, 0.4) is 0 Å². The Morgan fingerprint density at radius 2 is 1.61 bits per heavy atom. The predicted molar refractivity (Wildman–Crippen MR) is 51.0 cm³/mol. The van der Waals surface area contributed by atoms with Crippen molar-refractivity contribution in [2.45, 2.75) is 5.92 Å². The van der Waals surface area contributed by atoms with E-state index in [1.54, 1.807) is 0 Å². The summed E-state index contributed by atoms with van der Waals surface area (Å²) in [5, 5.41) is 0. The summed E-state index contributed by atoms with van der Waals surface area (Å²) in [6, 6.07) is 0.147. The lowest BCUT2D eigenvalue weighted by atomic mass is 10.1. The lowest BCUT2D eigenvalue weighted by Gasteiger charge is -2.16. The van der Waals surface area contributed by atoms with Crippen molar-refractivity contribution >= 4 is 10.1 Å². The molecule has 0 spiro atoms. The summed E-state index contributed by atoms with van der Waals surface area (Å²) in [5.41, 5.74) is -1.22. The van der Waals surface area contributed by atoms with Gasteiger partial charge in [-0.1, -0.05) is 0 Å². The topological polar surface area (TPSA) is 43.4 Å². The van der Waals surface area contributed by atoms with Gasteiger partial charge in [-0.2, -0.15) is 17.2 Å². The number of benzene rings is 1. The van der Waals surface area contributed by atoms with Gasteiger partial charge in [-0.25, -0.2) is 13.2 Å². The van der Waals surface area contributed by atoms with E-state index in [4.69, 9.17) is 0 Å². The van der Waals surface area contributed by atoms with Crippen LogP contribution < -0.4 is 0 Å². The Balaban J connectivity index is 3.05. The minimum Gasteiger partial charge on any atom is -0.264 e. The summed E-state index contributed by atoms with van der Waals surface area (Å²) in [5.74, 6) is -9.47. The molecular weight excluding hydrogens is 283 g/mol. The highest BCUT2D eigenvalue weighted by atomic mass is 32.2. The summed E-state index contributed by atoms with van der Waals surface area (Å²) in [7, 11) is -4.14. The number of hydrogen-bond acceptors (Lipinski definition) is 3. The molecule has 0 saturated carbocycles. The molecule has 0 saturated heterocycles. The van der Waals surface area contributed by atoms with E-state index in [-0.39, 0.29) is 12.1 Å². The third-order valence-corrected chi connectivity index (χ3v) is 2.41. The average molecular weight is 290 g/mol. The van der Waals surface area contributed by atoms with Gasteiger partial charge in [-0.05, 0) is 12.1 Å². The van der Waals surface area contributed by atoms with Gasteiger partial charge >= 0.3 is 0 Å². The molecule has 9 heteroatoms. The molecule has 0 unspecified atom stereocenters. The van der Waals surface area contributed by atoms with Crippen LogP contribution >= 0.6 is 0 Å². The standard InChI is InChI=1S/C9H7F5O3S/c1-18(15,16)17-4-9(13,14)5-2-6(10)8(12)7(11)3-5/h2-3H,4H2,1H3. The largest absolute Gasteiger partial charge is 0.297 e. The van der Waals surface area contributed by atoms with Crippen LogP contribution in [0.1, 0.15) is 5.56 Å². The molecule has 0 bridgehead atoms. The molecule has 102 valence electrons. The number of rotatable bonds is 4. The van der Waals surface area contributed by atoms with Gasteiger partial charge in [-0.3, -0.25) is 4.18 Å². The lowest BCUT2D eigenvalue weighted by Crippen LogP contribution is -2.23. The van der Waals surface area contributed by atoms with Crippen LogP contribution in [0.2, 0.25) is 0 Å². The number of halogens is 5. The zero-order valence-electron chi connectivity index (χ0n) is 8.88. The summed E-state index contributed by atoms with van der Waals surface area (Å²) < 4.78 is 89.6. The average Bonchev–Trinajstić information content (AvgIpc) is 2.21. The molecule has 0 aliphatic heterocycles. The van der Waals surface area contributed by atoms with Crippen molar-refractivity contribution in [1.82, 2.24) is 0 Å². The van der Waals surface area contributed by atoms with E-state index in [1.165, 1.54) is 0 Å². The molecule has 0 N–H and O–H groups in total. The molecule has 0 aliphatic rings. The van der Waals surface area contributed by atoms with Crippen LogP contribution in [0.4, 0.5) is 22.0 Å². The molecule has 1 aromatic carbocycles. The molecule has 18 heavy (non-hydrogen) atoms. The Kier molecular flexibility index (Phi) is 3.96. The second-order valence-corrected chi connectivity index (χ2v) is 5.07. The van der Waals surface area contributed by atoms with Gasteiger partial charge < -0.3 is 0 Å². The number of alkyl halides is 2. The van der Waals surface area contributed by atoms with E-state index >= 15 is 0 Å². The Morgan fingerprint density at radius 3 is 2.00 bits per heavy atom. The van der Waals surface area contributed by atoms with Gasteiger partial charge in [0.1, 0.15) is 6.61 Å². The maximum atomic E-state index is 13.3. The molecule has 0 fully saturated rings. The molecule has 0 heterocycles. The summed E-state index contributed by atoms with van der Waals surface area (Å²) >= 11 is 0. The Bertz CT molecular complexity index is 532. The Labute approximate surface area is 99.3 Å². The third kappa shape index (κ3) is 3.64. The van der Waals surface area contributed by atoms with Crippen molar-refractivity contribution < 1.29 is 34.6 Å². The first-order chi connectivity index (χ1) is 8.03. The highest BCUT2D eigenvalue weighted by Crippen LogP contribution is 2.30. The van der Waals surface area contributed by atoms with Gasteiger partial charge in [0.2, 0.25) is 0 Å². The molecule has 0 atom stereocenters. The monoisotopic (exact) mass is 290 g/mol. The first-order valence-electron chi connectivity index (χ1n) is 4.40. The van der Waals surface area contributed by atoms with Crippen molar-refractivity contribution in [2.24, 2.45) is 0 Å². The van der Waals surface area contributed by atoms with Crippen molar-refractivity contribution in [3.8, 4) is 0 Å². The second-order valence-electron chi connectivity index (χ2n) is 3.42. The van der Waals surface area contributed by atoms with Crippen LogP contribution in [0.5, 0.6) is 0 Å². The predicted octanol–water partition coefficient (Wildman–Crippen LogP) is 2.17. The van der Waals surface area contributed by atoms with E-state index in [1.807, 2.05) is 0 Å². The van der Waals surface area contributed by atoms with E-state index in [0.717, 1.165) is 0 Å². The van der Waals surface area contributed by atoms with Crippen molar-refractivity contribution in [3.05, 3.63) is 35.1 Å². The molecule has 0 amide bonds. The molecule has 3 nitrogen and oxygen atoms in total. The lowest BCUT2D eigenvalue weighted by molar-refractivity contribution is -0.0453. The maximum Gasteiger partial charge on any atom is 0.297 e. The van der Waals surface area contributed by atoms with Crippen molar-refractivity contribution in [1.29, 1.82) is 0 Å². The zero-order valence-corrected chi connectivity index (χ0v) is 9.70. The molecule has 0 aromatic heterocycles. The van der Waals surface area contributed by atoms with E-state index < -0.39 is 45.7 Å². The van der Waals surface area contributed by atoms with E-state index in [0.29, 0.717) is 6.26 Å². The van der Waals surface area contributed by atoms with Gasteiger partial charge in [0.15, 0.2) is 17.5 Å². The summed E-state index contributed by atoms with van der Waals surface area (Å²) in [6.07, 6.45) is 0.537. The second kappa shape index (κ2) is 4.81. The molecule has 0 radical (unpaired) electrons. The van der Waals surface area contributed by atoms with Gasteiger partial charge in [0.25, 0.3) is 16.0 Å². The minimum atomic E-state index is -4.14.